The highest BCUT2D eigenvalue weighted by atomic mass is 19.4. The Hall–Kier alpha value is -1.70. The van der Waals surface area contributed by atoms with E-state index >= 15 is 0 Å². The zero-order chi connectivity index (χ0) is 21.8. The lowest BCUT2D eigenvalue weighted by molar-refractivity contribution is -0.143. The molecule has 0 aliphatic carbocycles. The molecule has 3 aliphatic heterocycles. The molecule has 0 N–H and O–H groups in total. The van der Waals surface area contributed by atoms with Crippen LogP contribution in [0.3, 0.4) is 0 Å². The van der Waals surface area contributed by atoms with Gasteiger partial charge in [0.15, 0.2) is 0 Å². The second-order valence-corrected chi connectivity index (χ2v) is 9.37. The molecule has 3 aliphatic rings. The van der Waals surface area contributed by atoms with E-state index in [9.17, 15) is 26.7 Å². The van der Waals surface area contributed by atoms with E-state index in [1.807, 2.05) is 4.90 Å². The zero-order valence-corrected chi connectivity index (χ0v) is 17.1. The summed E-state index contributed by atoms with van der Waals surface area (Å²) in [5.41, 5.74) is -1.33. The molecule has 0 spiro atoms. The number of carbonyl (C=O) groups excluding carboxylic acids is 1. The van der Waals surface area contributed by atoms with E-state index < -0.39 is 29.8 Å². The lowest BCUT2D eigenvalue weighted by Crippen LogP contribution is -2.58. The second kappa shape index (κ2) is 7.46. The number of alkyl halides is 5. The van der Waals surface area contributed by atoms with Gasteiger partial charge in [-0.25, -0.2) is 0 Å². The minimum absolute atomic E-state index is 0.134. The summed E-state index contributed by atoms with van der Waals surface area (Å²) in [5, 5.41) is 0. The van der Waals surface area contributed by atoms with Gasteiger partial charge in [0, 0.05) is 37.2 Å². The highest BCUT2D eigenvalue weighted by Crippen LogP contribution is 2.46. The number of likely N-dealkylation sites (tertiary alicyclic amines) is 1. The molecular weight excluding hydrogens is 403 g/mol. The van der Waals surface area contributed by atoms with Gasteiger partial charge in [-0.2, -0.15) is 22.0 Å². The molecule has 0 bridgehead atoms. The van der Waals surface area contributed by atoms with Crippen molar-refractivity contribution in [3.63, 3.8) is 0 Å². The van der Waals surface area contributed by atoms with Crippen molar-refractivity contribution in [3.8, 4) is 0 Å². The normalized spacial score (nSPS) is 30.1. The maximum absolute atomic E-state index is 14.9. The minimum Gasteiger partial charge on any atom is -0.336 e. The molecule has 1 aromatic carbocycles. The van der Waals surface area contributed by atoms with Crippen LogP contribution in [0, 0.1) is 17.8 Å². The summed E-state index contributed by atoms with van der Waals surface area (Å²) in [7, 11) is 0. The van der Waals surface area contributed by atoms with Gasteiger partial charge in [0.05, 0.1) is 12.1 Å². The Labute approximate surface area is 173 Å². The molecule has 30 heavy (non-hydrogen) atoms. The Morgan fingerprint density at radius 2 is 1.60 bits per heavy atom. The summed E-state index contributed by atoms with van der Waals surface area (Å²) in [5.74, 6) is -2.39. The first kappa shape index (κ1) is 21.5. The number of amides is 1. The summed E-state index contributed by atoms with van der Waals surface area (Å²) < 4.78 is 68.0. The number of hydrogen-bond acceptors (Lipinski definition) is 2. The SMILES string of the molecule is CC(C)[C@H]1CC2CN(CC(F)(F)c3ccc(C(F)(F)F)cc3)C[C@H]3CCC(=O)N1[C@@H]23. The van der Waals surface area contributed by atoms with Gasteiger partial charge in [0.1, 0.15) is 0 Å². The summed E-state index contributed by atoms with van der Waals surface area (Å²) in [6.07, 6.45) is -2.55. The fourth-order valence-corrected chi connectivity index (χ4v) is 5.70. The topological polar surface area (TPSA) is 23.6 Å². The van der Waals surface area contributed by atoms with Crippen LogP contribution in [0.25, 0.3) is 0 Å². The molecule has 1 aromatic rings. The lowest BCUT2D eigenvalue weighted by atomic mass is 9.79. The molecule has 0 radical (unpaired) electrons. The minimum atomic E-state index is -4.55. The van der Waals surface area contributed by atoms with Gasteiger partial charge in [-0.3, -0.25) is 9.69 Å². The van der Waals surface area contributed by atoms with Crippen molar-refractivity contribution >= 4 is 5.91 Å². The Morgan fingerprint density at radius 1 is 1.00 bits per heavy atom. The first-order valence-electron chi connectivity index (χ1n) is 10.6. The van der Waals surface area contributed by atoms with E-state index in [0.29, 0.717) is 44.0 Å². The van der Waals surface area contributed by atoms with Gasteiger partial charge in [-0.1, -0.05) is 26.0 Å². The number of halogens is 5. The molecule has 4 rings (SSSR count). The van der Waals surface area contributed by atoms with Crippen LogP contribution in [-0.4, -0.2) is 47.4 Å². The fourth-order valence-electron chi connectivity index (χ4n) is 5.70. The predicted molar refractivity (Wildman–Crippen MR) is 102 cm³/mol. The van der Waals surface area contributed by atoms with E-state index in [0.717, 1.165) is 18.6 Å². The van der Waals surface area contributed by atoms with Crippen molar-refractivity contribution in [1.82, 2.24) is 9.80 Å². The van der Waals surface area contributed by atoms with Crippen molar-refractivity contribution in [2.75, 3.05) is 19.6 Å². The Morgan fingerprint density at radius 3 is 2.20 bits per heavy atom. The molecule has 3 fully saturated rings. The second-order valence-electron chi connectivity index (χ2n) is 9.37. The third-order valence-corrected chi connectivity index (χ3v) is 7.02. The summed E-state index contributed by atoms with van der Waals surface area (Å²) in [4.78, 5) is 16.3. The summed E-state index contributed by atoms with van der Waals surface area (Å²) >= 11 is 0. The van der Waals surface area contributed by atoms with E-state index in [-0.39, 0.29) is 29.8 Å². The van der Waals surface area contributed by atoms with Crippen LogP contribution in [0.5, 0.6) is 0 Å². The third kappa shape index (κ3) is 3.83. The predicted octanol–water partition coefficient (Wildman–Crippen LogP) is 4.76. The van der Waals surface area contributed by atoms with E-state index in [1.165, 1.54) is 0 Å². The number of rotatable bonds is 4. The number of carbonyl (C=O) groups is 1. The van der Waals surface area contributed by atoms with Crippen molar-refractivity contribution in [1.29, 1.82) is 0 Å². The largest absolute Gasteiger partial charge is 0.416 e. The quantitative estimate of drug-likeness (QED) is 0.643. The van der Waals surface area contributed by atoms with Crippen LogP contribution < -0.4 is 0 Å². The molecule has 3 saturated heterocycles. The smallest absolute Gasteiger partial charge is 0.336 e. The molecule has 0 aromatic heterocycles. The maximum atomic E-state index is 14.9. The summed E-state index contributed by atoms with van der Waals surface area (Å²) in [6, 6.07) is 3.47. The van der Waals surface area contributed by atoms with Crippen molar-refractivity contribution in [3.05, 3.63) is 35.4 Å². The molecule has 1 amide bonds. The van der Waals surface area contributed by atoms with E-state index in [1.54, 1.807) is 4.90 Å². The Bertz CT molecular complexity index is 792. The molecular formula is C22H27F5N2O. The lowest BCUT2D eigenvalue weighted by Gasteiger charge is -2.48. The van der Waals surface area contributed by atoms with Gasteiger partial charge in [-0.05, 0) is 42.7 Å². The molecule has 4 atom stereocenters. The van der Waals surface area contributed by atoms with Gasteiger partial charge in [-0.15, -0.1) is 0 Å². The van der Waals surface area contributed by atoms with Gasteiger partial charge in [0.25, 0.3) is 5.92 Å². The molecule has 3 nitrogen and oxygen atoms in total. The van der Waals surface area contributed by atoms with Crippen LogP contribution in [0.15, 0.2) is 24.3 Å². The molecule has 3 heterocycles. The third-order valence-electron chi connectivity index (χ3n) is 7.02. The van der Waals surface area contributed by atoms with Crippen LogP contribution in [0.2, 0.25) is 0 Å². The fraction of sp³-hybridized carbons (Fsp3) is 0.682. The highest BCUT2D eigenvalue weighted by Gasteiger charge is 2.53. The highest BCUT2D eigenvalue weighted by molar-refractivity contribution is 5.78. The van der Waals surface area contributed by atoms with E-state index in [4.69, 9.17) is 0 Å². The van der Waals surface area contributed by atoms with Crippen LogP contribution in [-0.2, 0) is 16.9 Å². The molecule has 8 heteroatoms. The summed E-state index contributed by atoms with van der Waals surface area (Å²) in [6.45, 7) is 4.65. The van der Waals surface area contributed by atoms with Gasteiger partial charge >= 0.3 is 6.18 Å². The first-order valence-corrected chi connectivity index (χ1v) is 10.6. The van der Waals surface area contributed by atoms with Crippen molar-refractivity contribution in [2.45, 2.75) is 57.3 Å². The first-order chi connectivity index (χ1) is 14.0. The van der Waals surface area contributed by atoms with Crippen molar-refractivity contribution in [2.24, 2.45) is 17.8 Å². The zero-order valence-electron chi connectivity index (χ0n) is 17.1. The molecule has 166 valence electrons. The number of piperidine rings is 2. The average molecular weight is 430 g/mol. The van der Waals surface area contributed by atoms with Crippen LogP contribution >= 0.6 is 0 Å². The van der Waals surface area contributed by atoms with Crippen LogP contribution in [0.4, 0.5) is 22.0 Å². The standard InChI is InChI=1S/C22H27F5N2O/c1-13(2)18-9-15-11-28(10-14-3-8-19(30)29(18)20(14)15)12-21(23,24)16-4-6-17(7-5-16)22(25,26)27/h4-7,13-15,18,20H,3,8-12H2,1-2H3/t14-,15?,18-,20-/m1/s1. The maximum Gasteiger partial charge on any atom is 0.416 e. The Balaban J connectivity index is 1.49. The monoisotopic (exact) mass is 430 g/mol. The number of benzene rings is 1. The average Bonchev–Trinajstić information content (AvgIpc) is 3.05. The molecule has 0 saturated carbocycles. The number of nitrogens with zero attached hydrogens (tertiary/aromatic N) is 2. The van der Waals surface area contributed by atoms with Gasteiger partial charge < -0.3 is 4.90 Å². The van der Waals surface area contributed by atoms with Crippen molar-refractivity contribution < 1.29 is 26.7 Å². The molecule has 1 unspecified atom stereocenters. The Kier molecular flexibility index (Phi) is 5.36. The van der Waals surface area contributed by atoms with Crippen LogP contribution in [0.1, 0.15) is 44.2 Å². The van der Waals surface area contributed by atoms with Gasteiger partial charge in [0.2, 0.25) is 5.91 Å². The number of hydrogen-bond donors (Lipinski definition) is 0. The van der Waals surface area contributed by atoms with E-state index in [2.05, 4.69) is 13.8 Å².